The molecule has 0 aliphatic carbocycles. The second kappa shape index (κ2) is 14.0. The maximum absolute atomic E-state index is 11.5. The molecule has 9 heteroatoms. The minimum absolute atomic E-state index is 0.0777. The normalized spacial score (nSPS) is 17.6. The van der Waals surface area contributed by atoms with Crippen LogP contribution in [-0.4, -0.2) is 73.8 Å². The minimum Gasteiger partial charge on any atom is -0.497 e. The predicted molar refractivity (Wildman–Crippen MR) is 152 cm³/mol. The van der Waals surface area contributed by atoms with Crippen molar-refractivity contribution in [1.82, 2.24) is 20.4 Å². The first-order valence-corrected chi connectivity index (χ1v) is 13.2. The van der Waals surface area contributed by atoms with Crippen LogP contribution in [0.3, 0.4) is 0 Å². The molecule has 2 N–H and O–H groups in total. The molecule has 0 radical (unpaired) electrons. The number of hydrogen-bond acceptors (Lipinski definition) is 5. The van der Waals surface area contributed by atoms with E-state index in [4.69, 9.17) is 4.74 Å². The summed E-state index contributed by atoms with van der Waals surface area (Å²) in [5, 5.41) is 4.62. The van der Waals surface area contributed by atoms with E-state index in [2.05, 4.69) is 44.5 Å². The van der Waals surface area contributed by atoms with E-state index < -0.39 is 18.0 Å². The second-order valence-corrected chi connectivity index (χ2v) is 9.02. The third kappa shape index (κ3) is 7.38. The van der Waals surface area contributed by atoms with Crippen LogP contribution in [0.25, 0.3) is 0 Å². The number of methoxy groups -OCH3 is 1. The molecule has 2 aromatic rings. The number of nitrogens with one attached hydrogen (secondary N) is 2. The van der Waals surface area contributed by atoms with Crippen LogP contribution in [-0.2, 0) is 17.8 Å². The monoisotopic (exact) mass is 531 g/mol. The van der Waals surface area contributed by atoms with Crippen molar-refractivity contribution >= 4 is 23.7 Å². The number of aliphatic imine (C=N–C) groups is 1. The molecule has 2 saturated heterocycles. The summed E-state index contributed by atoms with van der Waals surface area (Å²) in [5.74, 6) is 7.19. The van der Waals surface area contributed by atoms with Crippen molar-refractivity contribution in [1.29, 1.82) is 0 Å². The Morgan fingerprint density at radius 3 is 2.36 bits per heavy atom. The van der Waals surface area contributed by atoms with Gasteiger partial charge in [-0.25, -0.2) is 4.79 Å². The van der Waals surface area contributed by atoms with Gasteiger partial charge in [-0.3, -0.25) is 19.9 Å². The van der Waals surface area contributed by atoms with Crippen molar-refractivity contribution in [3.8, 4) is 17.6 Å². The number of nitrogens with zero attached hydrogens (tertiary/aromatic N) is 3. The number of benzene rings is 2. The van der Waals surface area contributed by atoms with Gasteiger partial charge in [0.2, 0.25) is 0 Å². The lowest BCUT2D eigenvalue weighted by atomic mass is 10.1. The van der Waals surface area contributed by atoms with E-state index in [1.54, 1.807) is 25.1 Å². The summed E-state index contributed by atoms with van der Waals surface area (Å²) in [4.78, 5) is 42.4. The number of hydrogen-bond donors (Lipinski definition) is 2. The lowest BCUT2D eigenvalue weighted by Gasteiger charge is -2.20. The molecule has 5 rings (SSSR count). The van der Waals surface area contributed by atoms with E-state index >= 15 is 0 Å². The number of amides is 4. The summed E-state index contributed by atoms with van der Waals surface area (Å²) < 4.78 is 5.05. The van der Waals surface area contributed by atoms with Crippen LogP contribution in [0.4, 0.5) is 4.79 Å². The number of likely N-dealkylation sites (tertiary alicyclic amines) is 1. The Hall–Kier alpha value is -4.32. The van der Waals surface area contributed by atoms with Crippen LogP contribution < -0.4 is 15.4 Å². The Bertz CT molecular complexity index is 1270. The molecule has 206 valence electrons. The van der Waals surface area contributed by atoms with Gasteiger partial charge in [-0.05, 0) is 36.1 Å². The highest BCUT2D eigenvalue weighted by molar-refractivity contribution is 6.05. The number of fused-ring (bicyclic) bond motifs is 1. The number of rotatable bonds is 3. The van der Waals surface area contributed by atoms with E-state index in [-0.39, 0.29) is 5.91 Å². The summed E-state index contributed by atoms with van der Waals surface area (Å²) >= 11 is 0. The topological polar surface area (TPSA) is 103 Å². The predicted octanol–water partition coefficient (Wildman–Crippen LogP) is 3.22. The molecule has 2 fully saturated rings. The molecular weight excluding hydrogens is 494 g/mol. The van der Waals surface area contributed by atoms with E-state index in [1.807, 2.05) is 45.2 Å². The van der Waals surface area contributed by atoms with Crippen LogP contribution in [0.15, 0.2) is 47.5 Å². The van der Waals surface area contributed by atoms with Crippen molar-refractivity contribution in [2.45, 2.75) is 45.7 Å². The van der Waals surface area contributed by atoms with E-state index in [1.165, 1.54) is 12.8 Å². The molecule has 2 aromatic carbocycles. The van der Waals surface area contributed by atoms with Gasteiger partial charge in [0.05, 0.1) is 7.11 Å². The highest BCUT2D eigenvalue weighted by Gasteiger charge is 2.27. The number of ether oxygens (including phenoxy) is 1. The molecule has 3 heterocycles. The Kier molecular flexibility index (Phi) is 10.5. The zero-order valence-corrected chi connectivity index (χ0v) is 23.3. The number of amidine groups is 1. The van der Waals surface area contributed by atoms with E-state index in [0.717, 1.165) is 46.9 Å². The summed E-state index contributed by atoms with van der Waals surface area (Å²) in [6.07, 6.45) is 2.97. The first-order chi connectivity index (χ1) is 18.9. The highest BCUT2D eigenvalue weighted by Crippen LogP contribution is 2.25. The van der Waals surface area contributed by atoms with Crippen molar-refractivity contribution < 1.29 is 19.1 Å². The largest absolute Gasteiger partial charge is 0.497 e. The zero-order valence-electron chi connectivity index (χ0n) is 23.3. The molecule has 0 saturated carbocycles. The molecule has 1 atom stereocenters. The van der Waals surface area contributed by atoms with Gasteiger partial charge in [-0.15, -0.1) is 0 Å². The average Bonchev–Trinajstić information content (AvgIpc) is 3.67. The van der Waals surface area contributed by atoms with Gasteiger partial charge in [0.15, 0.2) is 6.04 Å². The van der Waals surface area contributed by atoms with Crippen LogP contribution in [0.5, 0.6) is 5.75 Å². The lowest BCUT2D eigenvalue weighted by molar-refractivity contribution is -0.119. The van der Waals surface area contributed by atoms with Crippen LogP contribution in [0.1, 0.15) is 53.7 Å². The third-order valence-electron chi connectivity index (χ3n) is 6.44. The standard InChI is InChI=1S/C18H20N4O2.C10H11NO2.C2H6/c1-19-16(22-11-2-3-12-22)14-9-7-13(8-10-14)5-4-6-15-17(23)21-18(24)20-15;1-11-6-7-3-4-8(13-2)5-9(7)10(11)12;1-2/h7-10,15H,2-3,5,11-12H2,1H3,(H2,20,21,23,24);3-5H,6H2,1-2H3;1-2H3/t15-;;/m0../s1. The van der Waals surface area contributed by atoms with Gasteiger partial charge in [0, 0.05) is 51.3 Å². The van der Waals surface area contributed by atoms with Gasteiger partial charge in [-0.2, -0.15) is 0 Å². The van der Waals surface area contributed by atoms with Gasteiger partial charge < -0.3 is 19.9 Å². The Balaban J connectivity index is 0.000000236. The third-order valence-corrected chi connectivity index (χ3v) is 6.44. The quantitative estimate of drug-likeness (QED) is 0.274. The van der Waals surface area contributed by atoms with Gasteiger partial charge in [0.1, 0.15) is 11.6 Å². The molecule has 0 bridgehead atoms. The molecule has 9 nitrogen and oxygen atoms in total. The average molecular weight is 532 g/mol. The molecule has 3 aliphatic rings. The Labute approximate surface area is 230 Å². The number of carbonyl (C=O) groups excluding carboxylic acids is 3. The van der Waals surface area contributed by atoms with Gasteiger partial charge in [-0.1, -0.05) is 56.0 Å². The fraction of sp³-hybridized carbons (Fsp3) is 0.400. The van der Waals surface area contributed by atoms with Crippen molar-refractivity contribution in [3.05, 3.63) is 64.7 Å². The smallest absolute Gasteiger partial charge is 0.322 e. The number of carbonyl (C=O) groups is 3. The lowest BCUT2D eigenvalue weighted by Crippen LogP contribution is -2.28. The minimum atomic E-state index is -0.745. The van der Waals surface area contributed by atoms with Crippen molar-refractivity contribution in [2.24, 2.45) is 4.99 Å². The molecular formula is C30H37N5O4. The van der Waals surface area contributed by atoms with Crippen LogP contribution >= 0.6 is 0 Å². The summed E-state index contributed by atoms with van der Waals surface area (Å²) in [6.45, 7) is 6.84. The van der Waals surface area contributed by atoms with E-state index in [0.29, 0.717) is 13.0 Å². The summed E-state index contributed by atoms with van der Waals surface area (Å²) in [5.41, 5.74) is 4.02. The molecule has 0 spiro atoms. The fourth-order valence-corrected chi connectivity index (χ4v) is 4.48. The molecule has 0 unspecified atom stereocenters. The van der Waals surface area contributed by atoms with Crippen molar-refractivity contribution in [2.75, 3.05) is 34.3 Å². The first-order valence-electron chi connectivity index (χ1n) is 13.2. The van der Waals surface area contributed by atoms with Gasteiger partial charge in [0.25, 0.3) is 11.8 Å². The molecule has 4 amide bonds. The van der Waals surface area contributed by atoms with Crippen LogP contribution in [0.2, 0.25) is 0 Å². The number of imide groups is 1. The van der Waals surface area contributed by atoms with Crippen LogP contribution in [0, 0.1) is 11.8 Å². The zero-order chi connectivity index (χ0) is 28.4. The second-order valence-electron chi connectivity index (χ2n) is 9.02. The summed E-state index contributed by atoms with van der Waals surface area (Å²) in [6, 6.07) is 12.5. The molecule has 39 heavy (non-hydrogen) atoms. The SMILES string of the molecule is CC.CN=C(c1ccc(CC#C[C@@H]2NC(=O)NC2=O)cc1)N1CCCC1.COc1ccc2c(c1)C(=O)N(C)C2. The highest BCUT2D eigenvalue weighted by atomic mass is 16.5. The first kappa shape index (κ1) is 29.2. The molecule has 3 aliphatic heterocycles. The Morgan fingerprint density at radius 2 is 1.77 bits per heavy atom. The van der Waals surface area contributed by atoms with Crippen molar-refractivity contribution in [3.63, 3.8) is 0 Å². The fourth-order valence-electron chi connectivity index (χ4n) is 4.48. The van der Waals surface area contributed by atoms with E-state index in [9.17, 15) is 14.4 Å². The maximum Gasteiger partial charge on any atom is 0.322 e. The Morgan fingerprint density at radius 1 is 1.08 bits per heavy atom. The summed E-state index contributed by atoms with van der Waals surface area (Å²) in [7, 11) is 5.23. The number of urea groups is 1. The van der Waals surface area contributed by atoms with Gasteiger partial charge >= 0.3 is 6.03 Å². The molecule has 0 aromatic heterocycles. The maximum atomic E-state index is 11.5.